The number of halogens is 3. The number of alkyl halides is 3. The lowest BCUT2D eigenvalue weighted by Crippen LogP contribution is -2.27. The van der Waals surface area contributed by atoms with E-state index in [1.54, 1.807) is 41.5 Å². The first-order valence-electron chi connectivity index (χ1n) is 12.6. The molecule has 4 nitrogen and oxygen atoms in total. The number of hydrogen-bond acceptors (Lipinski definition) is 4. The number of ether oxygens (including phenoxy) is 2. The molecular formula is C29H39F3O4. The van der Waals surface area contributed by atoms with Gasteiger partial charge in [-0.3, -0.25) is 9.59 Å². The molecular weight excluding hydrogens is 469 g/mol. The molecule has 2 rings (SSSR count). The quantitative estimate of drug-likeness (QED) is 0.284. The molecule has 0 fully saturated rings. The van der Waals surface area contributed by atoms with Gasteiger partial charge in [-0.05, 0) is 47.8 Å². The zero-order valence-corrected chi connectivity index (χ0v) is 22.5. The van der Waals surface area contributed by atoms with Crippen molar-refractivity contribution in [2.75, 3.05) is 13.2 Å². The molecule has 0 amide bonds. The van der Waals surface area contributed by atoms with Crippen LogP contribution in [0.4, 0.5) is 13.2 Å². The Morgan fingerprint density at radius 3 is 1.75 bits per heavy atom. The van der Waals surface area contributed by atoms with E-state index in [1.165, 1.54) is 12.1 Å². The van der Waals surface area contributed by atoms with Gasteiger partial charge in [0.2, 0.25) is 0 Å². The van der Waals surface area contributed by atoms with Crippen LogP contribution < -0.4 is 9.47 Å². The lowest BCUT2D eigenvalue weighted by molar-refractivity contribution is -0.129. The van der Waals surface area contributed by atoms with Crippen LogP contribution in [0, 0.1) is 10.8 Å². The molecule has 1 aromatic carbocycles. The SMILES string of the molecule is CCCCCC/C=C1\C=C(C(F)(F)F)c2cc(OCC(=O)C(C)(C)C)c(OCC(=O)C(C)(C)C)cc21. The van der Waals surface area contributed by atoms with Crippen molar-refractivity contribution in [2.24, 2.45) is 10.8 Å². The van der Waals surface area contributed by atoms with Gasteiger partial charge in [-0.2, -0.15) is 13.2 Å². The van der Waals surface area contributed by atoms with Crippen LogP contribution in [-0.2, 0) is 9.59 Å². The first-order chi connectivity index (χ1) is 16.6. The van der Waals surface area contributed by atoms with Gasteiger partial charge in [0.1, 0.15) is 13.2 Å². The molecule has 0 heterocycles. The van der Waals surface area contributed by atoms with Gasteiger partial charge >= 0.3 is 6.18 Å². The van der Waals surface area contributed by atoms with E-state index in [4.69, 9.17) is 9.47 Å². The van der Waals surface area contributed by atoms with Crippen LogP contribution in [-0.4, -0.2) is 31.0 Å². The lowest BCUT2D eigenvalue weighted by Gasteiger charge is -2.21. The molecule has 0 unspecified atom stereocenters. The number of benzene rings is 1. The molecule has 0 N–H and O–H groups in total. The molecule has 0 bridgehead atoms. The molecule has 1 aromatic rings. The van der Waals surface area contributed by atoms with Crippen molar-refractivity contribution in [3.05, 3.63) is 35.4 Å². The fourth-order valence-corrected chi connectivity index (χ4v) is 3.51. The topological polar surface area (TPSA) is 52.6 Å². The van der Waals surface area contributed by atoms with Gasteiger partial charge in [0.15, 0.2) is 23.1 Å². The average Bonchev–Trinajstić information content (AvgIpc) is 3.11. The van der Waals surface area contributed by atoms with E-state index in [-0.39, 0.29) is 41.8 Å². The number of allylic oxidation sites excluding steroid dienone is 4. The molecule has 7 heteroatoms. The monoisotopic (exact) mass is 508 g/mol. The first-order valence-corrected chi connectivity index (χ1v) is 12.6. The smallest absolute Gasteiger partial charge is 0.417 e. The summed E-state index contributed by atoms with van der Waals surface area (Å²) in [5.41, 5.74) is -1.25. The molecule has 1 aliphatic carbocycles. The number of carbonyl (C=O) groups excluding carboxylic acids is 2. The van der Waals surface area contributed by atoms with Crippen molar-refractivity contribution < 1.29 is 32.2 Å². The number of Topliss-reactive ketones (excluding diaryl/α,β-unsaturated/α-hetero) is 2. The predicted octanol–water partition coefficient (Wildman–Crippen LogP) is 7.99. The second-order valence-corrected chi connectivity index (χ2v) is 11.3. The second kappa shape index (κ2) is 11.7. The number of ketones is 2. The van der Waals surface area contributed by atoms with Crippen molar-refractivity contribution in [2.45, 2.75) is 86.7 Å². The van der Waals surface area contributed by atoms with E-state index in [1.807, 2.05) is 6.08 Å². The average molecular weight is 509 g/mol. The van der Waals surface area contributed by atoms with Gasteiger partial charge in [0.25, 0.3) is 0 Å². The largest absolute Gasteiger partial charge is 0.482 e. The summed E-state index contributed by atoms with van der Waals surface area (Å²) < 4.78 is 53.2. The number of fused-ring (bicyclic) bond motifs is 1. The van der Waals surface area contributed by atoms with Gasteiger partial charge in [0.05, 0.1) is 5.57 Å². The third-order valence-electron chi connectivity index (χ3n) is 6.10. The van der Waals surface area contributed by atoms with E-state index >= 15 is 0 Å². The highest BCUT2D eigenvalue weighted by molar-refractivity contribution is 5.98. The third kappa shape index (κ3) is 7.97. The lowest BCUT2D eigenvalue weighted by atomic mass is 9.91. The summed E-state index contributed by atoms with van der Waals surface area (Å²) in [6.45, 7) is 12.0. The van der Waals surface area contributed by atoms with Crippen LogP contribution in [0.5, 0.6) is 11.5 Å². The van der Waals surface area contributed by atoms with Gasteiger partial charge in [-0.25, -0.2) is 0 Å². The van der Waals surface area contributed by atoms with Crippen molar-refractivity contribution in [1.29, 1.82) is 0 Å². The Labute approximate surface area is 212 Å². The molecule has 0 aliphatic heterocycles. The van der Waals surface area contributed by atoms with Crippen LogP contribution >= 0.6 is 0 Å². The zero-order chi connectivity index (χ0) is 27.3. The zero-order valence-electron chi connectivity index (χ0n) is 22.5. The Morgan fingerprint density at radius 1 is 0.806 bits per heavy atom. The number of carbonyl (C=O) groups is 2. The second-order valence-electron chi connectivity index (χ2n) is 11.3. The van der Waals surface area contributed by atoms with Crippen LogP contribution in [0.25, 0.3) is 11.1 Å². The Kier molecular flexibility index (Phi) is 9.60. The van der Waals surface area contributed by atoms with Gasteiger partial charge in [0, 0.05) is 10.8 Å². The highest BCUT2D eigenvalue weighted by Gasteiger charge is 2.40. The molecule has 0 saturated carbocycles. The summed E-state index contributed by atoms with van der Waals surface area (Å²) in [7, 11) is 0. The van der Waals surface area contributed by atoms with Crippen LogP contribution in [0.3, 0.4) is 0 Å². The maximum Gasteiger partial charge on any atom is 0.417 e. The van der Waals surface area contributed by atoms with Crippen molar-refractivity contribution in [3.63, 3.8) is 0 Å². The van der Waals surface area contributed by atoms with Gasteiger partial charge in [-0.1, -0.05) is 73.8 Å². The first kappa shape index (κ1) is 29.7. The molecule has 0 aromatic heterocycles. The molecule has 0 radical (unpaired) electrons. The Morgan fingerprint density at radius 2 is 1.31 bits per heavy atom. The summed E-state index contributed by atoms with van der Waals surface area (Å²) in [5, 5.41) is 0. The van der Waals surface area contributed by atoms with Crippen molar-refractivity contribution in [3.8, 4) is 11.5 Å². The fourth-order valence-electron chi connectivity index (χ4n) is 3.51. The summed E-state index contributed by atoms with van der Waals surface area (Å²) in [5.74, 6) is -0.228. The van der Waals surface area contributed by atoms with Crippen LogP contribution in [0.15, 0.2) is 24.3 Å². The van der Waals surface area contributed by atoms with E-state index < -0.39 is 22.6 Å². The van der Waals surface area contributed by atoms with E-state index in [0.29, 0.717) is 17.6 Å². The Bertz CT molecular complexity index is 1020. The van der Waals surface area contributed by atoms with Gasteiger partial charge < -0.3 is 9.47 Å². The standard InChI is InChI=1S/C29H39F3O4/c1-8-9-10-11-12-13-19-14-22(29(30,31)32)21-16-24(36-18-26(34)28(5,6)7)23(15-20(19)21)35-17-25(33)27(2,3)4/h13-16H,8-12,17-18H2,1-7H3/b19-13+. The minimum atomic E-state index is -4.56. The molecule has 200 valence electrons. The Balaban J connectivity index is 2.48. The number of unbranched alkanes of at least 4 members (excludes halogenated alkanes) is 4. The maximum atomic E-state index is 13.9. The normalized spacial score (nSPS) is 15.1. The van der Waals surface area contributed by atoms with Crippen molar-refractivity contribution >= 4 is 22.7 Å². The van der Waals surface area contributed by atoms with Crippen molar-refractivity contribution in [1.82, 2.24) is 0 Å². The number of hydrogen-bond donors (Lipinski definition) is 0. The van der Waals surface area contributed by atoms with Crippen LogP contribution in [0.1, 0.15) is 91.7 Å². The van der Waals surface area contributed by atoms with E-state index in [0.717, 1.165) is 31.8 Å². The summed E-state index contributed by atoms with van der Waals surface area (Å²) in [6.07, 6.45) is 3.13. The molecule has 36 heavy (non-hydrogen) atoms. The molecule has 0 saturated heterocycles. The fraction of sp³-hybridized carbons (Fsp3) is 0.586. The number of rotatable bonds is 11. The molecule has 0 spiro atoms. The van der Waals surface area contributed by atoms with Crippen LogP contribution in [0.2, 0.25) is 0 Å². The predicted molar refractivity (Wildman–Crippen MR) is 137 cm³/mol. The van der Waals surface area contributed by atoms with E-state index in [9.17, 15) is 22.8 Å². The van der Waals surface area contributed by atoms with Gasteiger partial charge in [-0.15, -0.1) is 0 Å². The third-order valence-corrected chi connectivity index (χ3v) is 6.10. The summed E-state index contributed by atoms with van der Waals surface area (Å²) in [4.78, 5) is 24.9. The Hall–Kier alpha value is -2.57. The maximum absolute atomic E-state index is 13.9. The highest BCUT2D eigenvalue weighted by atomic mass is 19.4. The summed E-state index contributed by atoms with van der Waals surface area (Å²) in [6, 6.07) is 2.77. The highest BCUT2D eigenvalue weighted by Crippen LogP contribution is 2.48. The minimum Gasteiger partial charge on any atom is -0.482 e. The molecule has 0 atom stereocenters. The molecule has 1 aliphatic rings. The summed E-state index contributed by atoms with van der Waals surface area (Å²) >= 11 is 0. The van der Waals surface area contributed by atoms with E-state index in [2.05, 4.69) is 6.92 Å². The minimum absolute atomic E-state index is 0.00686.